The van der Waals surface area contributed by atoms with E-state index in [1.54, 1.807) is 6.92 Å². The van der Waals surface area contributed by atoms with Crippen LogP contribution in [0.4, 0.5) is 18.9 Å². The van der Waals surface area contributed by atoms with Crippen LogP contribution in [0, 0.1) is 22.9 Å². The van der Waals surface area contributed by atoms with Gasteiger partial charge in [0.25, 0.3) is 0 Å². The molecular formula is C12H14F3N3O2. The fraction of sp³-hybridized carbons (Fsp3) is 0.333. The third-order valence-corrected chi connectivity index (χ3v) is 3.12. The largest absolute Gasteiger partial charge is 0.409 e. The molecule has 0 aliphatic rings. The highest BCUT2D eigenvalue weighted by Gasteiger charge is 2.37. The van der Waals surface area contributed by atoms with Crippen LogP contribution in [0.1, 0.15) is 20.3 Å². The summed E-state index contributed by atoms with van der Waals surface area (Å²) < 4.78 is 39.5. The molecule has 1 unspecified atom stereocenters. The second kappa shape index (κ2) is 5.81. The lowest BCUT2D eigenvalue weighted by Crippen LogP contribution is -2.44. The van der Waals surface area contributed by atoms with Crippen LogP contribution >= 0.6 is 0 Å². The van der Waals surface area contributed by atoms with E-state index in [0.717, 1.165) is 0 Å². The molecule has 1 atom stereocenters. The van der Waals surface area contributed by atoms with Crippen molar-refractivity contribution in [1.82, 2.24) is 0 Å². The third-order valence-electron chi connectivity index (χ3n) is 3.12. The lowest BCUT2D eigenvalue weighted by Gasteiger charge is -2.25. The van der Waals surface area contributed by atoms with Crippen LogP contribution in [0.25, 0.3) is 0 Å². The van der Waals surface area contributed by atoms with E-state index in [9.17, 15) is 18.0 Å². The second-order valence-electron chi connectivity index (χ2n) is 4.37. The molecule has 110 valence electrons. The van der Waals surface area contributed by atoms with Crippen molar-refractivity contribution in [3.05, 3.63) is 29.6 Å². The minimum Gasteiger partial charge on any atom is -0.409 e. The average molecular weight is 289 g/mol. The maximum atomic E-state index is 13.4. The highest BCUT2D eigenvalue weighted by molar-refractivity contribution is 6.11. The minimum absolute atomic E-state index is 0.133. The Morgan fingerprint density at radius 2 is 2.05 bits per heavy atom. The zero-order valence-electron chi connectivity index (χ0n) is 10.9. The topological polar surface area (TPSA) is 87.7 Å². The first-order valence-corrected chi connectivity index (χ1v) is 5.70. The molecule has 8 heteroatoms. The first kappa shape index (κ1) is 15.8. The molecule has 5 nitrogen and oxygen atoms in total. The Morgan fingerprint density at radius 3 is 2.55 bits per heavy atom. The van der Waals surface area contributed by atoms with Gasteiger partial charge in [-0.3, -0.25) is 4.79 Å². The van der Waals surface area contributed by atoms with Crippen LogP contribution in [-0.2, 0) is 4.79 Å². The highest BCUT2D eigenvalue weighted by atomic mass is 19.2. The summed E-state index contributed by atoms with van der Waals surface area (Å²) in [5.74, 6) is -5.10. The number of hydrogen-bond donors (Lipinski definition) is 3. The van der Waals surface area contributed by atoms with Gasteiger partial charge in [-0.05, 0) is 13.3 Å². The molecule has 0 heterocycles. The first-order valence-electron chi connectivity index (χ1n) is 5.70. The van der Waals surface area contributed by atoms with E-state index in [1.807, 2.05) is 5.32 Å². The summed E-state index contributed by atoms with van der Waals surface area (Å²) in [5, 5.41) is 13.4. The number of nitrogens with two attached hydrogens (primary N) is 1. The van der Waals surface area contributed by atoms with Gasteiger partial charge in [-0.15, -0.1) is 0 Å². The Bertz CT molecular complexity index is 563. The van der Waals surface area contributed by atoms with E-state index >= 15 is 0 Å². The zero-order chi connectivity index (χ0) is 15.5. The van der Waals surface area contributed by atoms with Gasteiger partial charge in [-0.25, -0.2) is 13.2 Å². The monoisotopic (exact) mass is 289 g/mol. The molecular weight excluding hydrogens is 275 g/mol. The molecule has 1 rings (SSSR count). The molecule has 20 heavy (non-hydrogen) atoms. The maximum absolute atomic E-state index is 13.4. The van der Waals surface area contributed by atoms with Crippen molar-refractivity contribution < 1.29 is 23.2 Å². The summed E-state index contributed by atoms with van der Waals surface area (Å²) in [7, 11) is 0. The SMILES string of the molecule is CCC(C)(C(=O)Nc1cc(F)cc(F)c1F)/C(N)=N/O. The number of halogens is 3. The van der Waals surface area contributed by atoms with Crippen LogP contribution in [0.5, 0.6) is 0 Å². The summed E-state index contributed by atoms with van der Waals surface area (Å²) in [6, 6.07) is 0.992. The zero-order valence-corrected chi connectivity index (χ0v) is 10.9. The number of amidine groups is 1. The van der Waals surface area contributed by atoms with Gasteiger partial charge in [0.05, 0.1) is 5.69 Å². The summed E-state index contributed by atoms with van der Waals surface area (Å²) in [4.78, 5) is 12.0. The molecule has 0 saturated heterocycles. The van der Waals surface area contributed by atoms with Gasteiger partial charge < -0.3 is 16.3 Å². The molecule has 1 aromatic carbocycles. The highest BCUT2D eigenvalue weighted by Crippen LogP contribution is 2.26. The number of amides is 1. The van der Waals surface area contributed by atoms with E-state index in [0.29, 0.717) is 12.1 Å². The predicted octanol–water partition coefficient (Wildman–Crippen LogP) is 2.21. The maximum Gasteiger partial charge on any atom is 0.238 e. The lowest BCUT2D eigenvalue weighted by molar-refractivity contribution is -0.121. The first-order chi connectivity index (χ1) is 9.26. The van der Waals surface area contributed by atoms with E-state index < -0.39 is 40.3 Å². The quantitative estimate of drug-likeness (QED) is 0.261. The van der Waals surface area contributed by atoms with Crippen LogP contribution in [0.15, 0.2) is 17.3 Å². The lowest BCUT2D eigenvalue weighted by atomic mass is 9.85. The molecule has 0 radical (unpaired) electrons. The van der Waals surface area contributed by atoms with Gasteiger partial charge in [-0.1, -0.05) is 12.1 Å². The predicted molar refractivity (Wildman–Crippen MR) is 66.8 cm³/mol. The number of oxime groups is 1. The number of nitrogens with zero attached hydrogens (tertiary/aromatic N) is 1. The van der Waals surface area contributed by atoms with Crippen molar-refractivity contribution in [2.45, 2.75) is 20.3 Å². The van der Waals surface area contributed by atoms with Gasteiger partial charge in [0, 0.05) is 12.1 Å². The van der Waals surface area contributed by atoms with Crippen LogP contribution in [0.3, 0.4) is 0 Å². The standard InChI is InChI=1S/C12H14F3N3O2/c1-3-12(2,10(16)18-20)11(19)17-8-5-6(13)4-7(14)9(8)15/h4-5,20H,3H2,1-2H3,(H2,16,18)(H,17,19). The molecule has 1 amide bonds. The van der Waals surface area contributed by atoms with Crippen molar-refractivity contribution in [1.29, 1.82) is 0 Å². The van der Waals surface area contributed by atoms with Crippen molar-refractivity contribution in [2.24, 2.45) is 16.3 Å². The summed E-state index contributed by atoms with van der Waals surface area (Å²) >= 11 is 0. The molecule has 0 saturated carbocycles. The van der Waals surface area contributed by atoms with Crippen molar-refractivity contribution in [3.8, 4) is 0 Å². The number of hydrogen-bond acceptors (Lipinski definition) is 3. The molecule has 1 aromatic rings. The minimum atomic E-state index is -1.44. The van der Waals surface area contributed by atoms with Crippen LogP contribution < -0.4 is 11.1 Å². The second-order valence-corrected chi connectivity index (χ2v) is 4.37. The van der Waals surface area contributed by atoms with Gasteiger partial charge >= 0.3 is 0 Å². The van der Waals surface area contributed by atoms with E-state index in [1.165, 1.54) is 6.92 Å². The number of carbonyl (C=O) groups excluding carboxylic acids is 1. The Morgan fingerprint density at radius 1 is 1.45 bits per heavy atom. The van der Waals surface area contributed by atoms with Crippen molar-refractivity contribution >= 4 is 17.4 Å². The number of nitrogens with one attached hydrogen (secondary N) is 1. The Labute approximate surface area is 113 Å². The fourth-order valence-corrected chi connectivity index (χ4v) is 1.48. The number of rotatable bonds is 4. The Balaban J connectivity index is 3.13. The smallest absolute Gasteiger partial charge is 0.238 e. The molecule has 0 aromatic heterocycles. The summed E-state index contributed by atoms with van der Waals surface area (Å²) in [5.41, 5.74) is 3.32. The number of carbonyl (C=O) groups is 1. The number of anilines is 1. The van der Waals surface area contributed by atoms with E-state index in [4.69, 9.17) is 10.9 Å². The average Bonchev–Trinajstić information content (AvgIpc) is 2.42. The van der Waals surface area contributed by atoms with Gasteiger partial charge in [0.2, 0.25) is 5.91 Å². The van der Waals surface area contributed by atoms with Gasteiger partial charge in [-0.2, -0.15) is 0 Å². The molecule has 4 N–H and O–H groups in total. The van der Waals surface area contributed by atoms with Crippen molar-refractivity contribution in [2.75, 3.05) is 5.32 Å². The van der Waals surface area contributed by atoms with E-state index in [-0.39, 0.29) is 6.42 Å². The molecule has 0 fully saturated rings. The molecule has 0 aliphatic carbocycles. The van der Waals surface area contributed by atoms with Gasteiger partial charge in [0.1, 0.15) is 11.2 Å². The molecule has 0 aliphatic heterocycles. The van der Waals surface area contributed by atoms with Crippen LogP contribution in [-0.4, -0.2) is 17.0 Å². The van der Waals surface area contributed by atoms with Crippen molar-refractivity contribution in [3.63, 3.8) is 0 Å². The fourth-order valence-electron chi connectivity index (χ4n) is 1.48. The Hall–Kier alpha value is -2.25. The number of benzene rings is 1. The summed E-state index contributed by atoms with van der Waals surface area (Å²) in [6.07, 6.45) is 0.133. The normalized spacial score (nSPS) is 14.8. The van der Waals surface area contributed by atoms with E-state index in [2.05, 4.69) is 5.16 Å². The molecule has 0 spiro atoms. The Kier molecular flexibility index (Phi) is 4.59. The summed E-state index contributed by atoms with van der Waals surface area (Å²) in [6.45, 7) is 2.94. The van der Waals surface area contributed by atoms with Gasteiger partial charge in [0.15, 0.2) is 17.5 Å². The third kappa shape index (κ3) is 2.84. The van der Waals surface area contributed by atoms with Crippen LogP contribution in [0.2, 0.25) is 0 Å². The molecule has 0 bridgehead atoms.